The molecule has 176 valence electrons. The average molecular weight is 492 g/mol. The summed E-state index contributed by atoms with van der Waals surface area (Å²) in [5.74, 6) is 0.370. The summed E-state index contributed by atoms with van der Waals surface area (Å²) in [5.41, 5.74) is 0.224. The summed E-state index contributed by atoms with van der Waals surface area (Å²) < 4.78 is 34.2. The second-order valence-corrected chi connectivity index (χ2v) is 10.6. The highest BCUT2D eigenvalue weighted by Crippen LogP contribution is 2.28. The van der Waals surface area contributed by atoms with E-state index in [1.54, 1.807) is 18.3 Å². The van der Waals surface area contributed by atoms with Gasteiger partial charge in [-0.05, 0) is 43.7 Å². The van der Waals surface area contributed by atoms with Gasteiger partial charge in [0.2, 0.25) is 10.0 Å². The number of halogens is 1. The number of anilines is 1. The van der Waals surface area contributed by atoms with E-state index in [0.717, 1.165) is 19.4 Å². The van der Waals surface area contributed by atoms with Gasteiger partial charge in [-0.2, -0.15) is 14.7 Å². The Hall–Kier alpha value is -2.45. The molecule has 0 spiro atoms. The number of hydrogen-bond donors (Lipinski definition) is 1. The number of nitrogens with one attached hydrogen (secondary N) is 1. The third-order valence-corrected chi connectivity index (χ3v) is 8.50. The number of piperidine rings is 1. The maximum Gasteiger partial charge on any atom is 0.287 e. The molecule has 11 heteroatoms. The number of ether oxygens (including phenoxy) is 1. The van der Waals surface area contributed by atoms with Crippen molar-refractivity contribution >= 4 is 27.3 Å². The van der Waals surface area contributed by atoms with Gasteiger partial charge in [0.25, 0.3) is 5.56 Å². The molecule has 1 aromatic heterocycles. The quantitative estimate of drug-likeness (QED) is 0.659. The van der Waals surface area contributed by atoms with Gasteiger partial charge in [0.1, 0.15) is 11.1 Å². The van der Waals surface area contributed by atoms with Crippen LogP contribution in [0.3, 0.4) is 0 Å². The molecule has 9 nitrogen and oxygen atoms in total. The van der Waals surface area contributed by atoms with E-state index in [9.17, 15) is 18.5 Å². The minimum Gasteiger partial charge on any atom is -0.382 e. The zero-order chi connectivity index (χ0) is 23.4. The maximum absolute atomic E-state index is 13.0. The second kappa shape index (κ2) is 10.2. The highest BCUT2D eigenvalue weighted by atomic mass is 35.5. The van der Waals surface area contributed by atoms with E-state index in [-0.39, 0.29) is 34.6 Å². The van der Waals surface area contributed by atoms with Crippen molar-refractivity contribution in [2.24, 2.45) is 5.92 Å². The molecule has 1 N–H and O–H groups in total. The number of benzene rings is 1. The van der Waals surface area contributed by atoms with E-state index in [4.69, 9.17) is 16.3 Å². The molecule has 0 saturated carbocycles. The zero-order valence-electron chi connectivity index (χ0n) is 18.1. The van der Waals surface area contributed by atoms with Crippen LogP contribution in [0, 0.1) is 17.2 Å². The van der Waals surface area contributed by atoms with Gasteiger partial charge in [-0.3, -0.25) is 4.79 Å². The third kappa shape index (κ3) is 5.06. The van der Waals surface area contributed by atoms with Crippen molar-refractivity contribution in [3.05, 3.63) is 51.4 Å². The van der Waals surface area contributed by atoms with Crippen molar-refractivity contribution in [3.63, 3.8) is 0 Å². The lowest BCUT2D eigenvalue weighted by molar-refractivity contribution is 0.0595. The molecule has 33 heavy (non-hydrogen) atoms. The maximum atomic E-state index is 13.0. The first kappa shape index (κ1) is 23.7. The molecule has 1 aromatic carbocycles. The number of rotatable bonds is 6. The number of hydrogen-bond acceptors (Lipinski definition) is 7. The molecule has 4 rings (SSSR count). The number of nitriles is 1. The van der Waals surface area contributed by atoms with Crippen molar-refractivity contribution in [1.82, 2.24) is 14.1 Å². The summed E-state index contributed by atoms with van der Waals surface area (Å²) in [7, 11) is -3.80. The Morgan fingerprint density at radius 2 is 2.00 bits per heavy atom. The average Bonchev–Trinajstić information content (AvgIpc) is 2.85. The lowest BCUT2D eigenvalue weighted by Crippen LogP contribution is -2.41. The topological polar surface area (TPSA) is 117 Å². The first-order valence-corrected chi connectivity index (χ1v) is 12.8. The fourth-order valence-corrected chi connectivity index (χ4v) is 6.12. The van der Waals surface area contributed by atoms with Crippen molar-refractivity contribution < 1.29 is 13.2 Å². The van der Waals surface area contributed by atoms with Crippen LogP contribution < -0.4 is 10.9 Å². The van der Waals surface area contributed by atoms with Crippen LogP contribution >= 0.6 is 11.6 Å². The van der Waals surface area contributed by atoms with Crippen molar-refractivity contribution in [1.29, 1.82) is 5.26 Å². The van der Waals surface area contributed by atoms with Crippen LogP contribution in [0.2, 0.25) is 5.02 Å². The molecule has 2 aliphatic rings. The summed E-state index contributed by atoms with van der Waals surface area (Å²) in [6.07, 6.45) is 4.48. The van der Waals surface area contributed by atoms with E-state index >= 15 is 0 Å². The predicted molar refractivity (Wildman–Crippen MR) is 124 cm³/mol. The Labute approximate surface area is 198 Å². The van der Waals surface area contributed by atoms with Gasteiger partial charge in [0.05, 0.1) is 35.0 Å². The van der Waals surface area contributed by atoms with E-state index in [1.165, 1.54) is 21.1 Å². The van der Waals surface area contributed by atoms with Crippen LogP contribution in [-0.4, -0.2) is 55.4 Å². The molecule has 3 heterocycles. The van der Waals surface area contributed by atoms with Crippen LogP contribution in [0.1, 0.15) is 37.3 Å². The molecular weight excluding hydrogens is 466 g/mol. The minimum absolute atomic E-state index is 0.00285. The van der Waals surface area contributed by atoms with Gasteiger partial charge in [0.15, 0.2) is 0 Å². The van der Waals surface area contributed by atoms with Crippen molar-refractivity contribution in [2.45, 2.75) is 36.6 Å². The summed E-state index contributed by atoms with van der Waals surface area (Å²) in [6, 6.07) is 7.84. The van der Waals surface area contributed by atoms with E-state index in [1.807, 2.05) is 6.07 Å². The normalized spacial score (nSPS) is 20.3. The smallest absolute Gasteiger partial charge is 0.287 e. The fourth-order valence-electron chi connectivity index (χ4n) is 4.30. The molecule has 0 aliphatic carbocycles. The van der Waals surface area contributed by atoms with Gasteiger partial charge in [-0.15, -0.1) is 0 Å². The minimum atomic E-state index is -3.80. The molecule has 0 bridgehead atoms. The zero-order valence-corrected chi connectivity index (χ0v) is 19.7. The van der Waals surface area contributed by atoms with Gasteiger partial charge < -0.3 is 10.1 Å². The Kier molecular flexibility index (Phi) is 7.34. The molecule has 2 aliphatic heterocycles. The first-order valence-electron chi connectivity index (χ1n) is 11.0. The van der Waals surface area contributed by atoms with Crippen LogP contribution in [0.25, 0.3) is 0 Å². The Balaban J connectivity index is 1.43. The number of sulfonamides is 1. The highest BCUT2D eigenvalue weighted by molar-refractivity contribution is 7.89. The summed E-state index contributed by atoms with van der Waals surface area (Å²) >= 11 is 6.35. The highest BCUT2D eigenvalue weighted by Gasteiger charge is 2.32. The molecule has 0 unspecified atom stereocenters. The molecular formula is C22H26ClN5O4S. The molecule has 2 aromatic rings. The molecule has 2 saturated heterocycles. The van der Waals surface area contributed by atoms with E-state index < -0.39 is 15.6 Å². The van der Waals surface area contributed by atoms with Crippen molar-refractivity contribution in [3.8, 4) is 6.07 Å². The fraction of sp³-hybridized carbons (Fsp3) is 0.500. The molecule has 0 amide bonds. The Bertz CT molecular complexity index is 1200. The van der Waals surface area contributed by atoms with Crippen LogP contribution in [-0.2, 0) is 14.8 Å². The van der Waals surface area contributed by atoms with Crippen molar-refractivity contribution in [2.75, 3.05) is 38.2 Å². The molecule has 0 radical (unpaired) electrons. The van der Waals surface area contributed by atoms with Crippen LogP contribution in [0.5, 0.6) is 0 Å². The Morgan fingerprint density at radius 3 is 2.70 bits per heavy atom. The number of aromatic nitrogens is 2. The van der Waals surface area contributed by atoms with Gasteiger partial charge in [-0.1, -0.05) is 23.7 Å². The summed E-state index contributed by atoms with van der Waals surface area (Å²) in [6.45, 7) is 2.58. The van der Waals surface area contributed by atoms with Gasteiger partial charge in [-0.25, -0.2) is 13.1 Å². The Morgan fingerprint density at radius 1 is 1.24 bits per heavy atom. The first-order chi connectivity index (χ1) is 15.9. The standard InChI is InChI=1S/C22H26ClN5O4S/c23-21-19(25-13-16-4-3-11-32-15-16)14-26-28(22(21)29)18-7-9-27(10-8-18)33(30,31)20-6-2-1-5-17(20)12-24/h1-2,5-6,14,16,18,25H,3-4,7-11,13,15H2/t16-/m0/s1. The molecule has 1 atom stereocenters. The van der Waals surface area contributed by atoms with Gasteiger partial charge in [0, 0.05) is 26.2 Å². The second-order valence-electron chi connectivity index (χ2n) is 8.33. The SMILES string of the molecule is N#Cc1ccccc1S(=O)(=O)N1CCC(n2ncc(NC[C@@H]3CCCOC3)c(Cl)c2=O)CC1. The lowest BCUT2D eigenvalue weighted by atomic mass is 10.0. The van der Waals surface area contributed by atoms with E-state index in [2.05, 4.69) is 10.4 Å². The van der Waals surface area contributed by atoms with Crippen LogP contribution in [0.15, 0.2) is 40.2 Å². The molecule has 2 fully saturated rings. The summed E-state index contributed by atoms with van der Waals surface area (Å²) in [4.78, 5) is 12.9. The monoisotopic (exact) mass is 491 g/mol. The van der Waals surface area contributed by atoms with Crippen LogP contribution in [0.4, 0.5) is 5.69 Å². The predicted octanol–water partition coefficient (Wildman–Crippen LogP) is 2.63. The lowest BCUT2D eigenvalue weighted by Gasteiger charge is -2.31. The van der Waals surface area contributed by atoms with E-state index in [0.29, 0.717) is 37.6 Å². The third-order valence-electron chi connectivity index (χ3n) is 6.17. The van der Waals surface area contributed by atoms with Gasteiger partial charge >= 0.3 is 0 Å². The largest absolute Gasteiger partial charge is 0.382 e. The summed E-state index contributed by atoms with van der Waals surface area (Å²) in [5, 5.41) is 16.9. The number of nitrogens with zero attached hydrogens (tertiary/aromatic N) is 4.